The summed E-state index contributed by atoms with van der Waals surface area (Å²) in [6.45, 7) is 4.07. The van der Waals surface area contributed by atoms with Crippen molar-refractivity contribution < 1.29 is 4.79 Å². The van der Waals surface area contributed by atoms with E-state index in [0.29, 0.717) is 18.7 Å². The van der Waals surface area contributed by atoms with E-state index in [4.69, 9.17) is 16.5 Å². The predicted molar refractivity (Wildman–Crippen MR) is 124 cm³/mol. The van der Waals surface area contributed by atoms with Crippen LogP contribution in [0, 0.1) is 0 Å². The average molecular weight is 417 g/mol. The number of fused-ring (bicyclic) bond motifs is 2. The number of carbonyl (C=O) groups excluding carboxylic acids is 1. The number of para-hydroxylation sites is 1. The van der Waals surface area contributed by atoms with Crippen molar-refractivity contribution in [2.45, 2.75) is 32.0 Å². The molecule has 1 aliphatic heterocycles. The zero-order chi connectivity index (χ0) is 21.7. The van der Waals surface area contributed by atoms with Gasteiger partial charge in [-0.15, -0.1) is 0 Å². The largest absolute Gasteiger partial charge is 0.338 e. The summed E-state index contributed by atoms with van der Waals surface area (Å²) in [5, 5.41) is 1.19. The standard InChI is InChI=1S/C24H28N6O/c1-3-30-20-7-5-4-6-15(20)11-22(30)23-27-19-10-16(8-9-21(19)28(23)2)24(31)29-13-17(25)12-18(26)14-29/h4-11,17-18H,3,12-14,25-26H2,1-2H3/t17-,18?/m0/s1. The number of hydrogen-bond donors (Lipinski definition) is 2. The molecule has 4 N–H and O–H groups in total. The second-order valence-corrected chi connectivity index (χ2v) is 8.50. The molecule has 5 rings (SSSR count). The Labute approximate surface area is 181 Å². The third-order valence-electron chi connectivity index (χ3n) is 6.29. The van der Waals surface area contributed by atoms with Crippen LogP contribution in [0.25, 0.3) is 33.5 Å². The zero-order valence-electron chi connectivity index (χ0n) is 18.0. The highest BCUT2D eigenvalue weighted by molar-refractivity contribution is 5.98. The number of nitrogens with zero attached hydrogens (tertiary/aromatic N) is 4. The minimum absolute atomic E-state index is 0.0395. The van der Waals surface area contributed by atoms with E-state index in [-0.39, 0.29) is 18.0 Å². The molecule has 1 saturated heterocycles. The summed E-state index contributed by atoms with van der Waals surface area (Å²) >= 11 is 0. The highest BCUT2D eigenvalue weighted by atomic mass is 16.2. The van der Waals surface area contributed by atoms with E-state index < -0.39 is 0 Å². The first-order chi connectivity index (χ1) is 15.0. The number of aromatic nitrogens is 3. The maximum absolute atomic E-state index is 13.1. The first-order valence-corrected chi connectivity index (χ1v) is 10.8. The number of amides is 1. The highest BCUT2D eigenvalue weighted by Gasteiger charge is 2.27. The van der Waals surface area contributed by atoms with Crippen LogP contribution in [-0.2, 0) is 13.6 Å². The molecule has 0 aliphatic carbocycles. The maximum Gasteiger partial charge on any atom is 0.254 e. The van der Waals surface area contributed by atoms with E-state index in [0.717, 1.165) is 35.5 Å². The molecule has 1 unspecified atom stereocenters. The molecule has 2 aromatic carbocycles. The number of carbonyl (C=O) groups is 1. The van der Waals surface area contributed by atoms with Crippen LogP contribution in [0.15, 0.2) is 48.5 Å². The maximum atomic E-state index is 13.1. The highest BCUT2D eigenvalue weighted by Crippen LogP contribution is 2.30. The molecule has 0 bridgehead atoms. The molecule has 0 spiro atoms. The molecule has 1 aliphatic rings. The van der Waals surface area contributed by atoms with Gasteiger partial charge in [-0.3, -0.25) is 4.79 Å². The van der Waals surface area contributed by atoms with E-state index in [1.54, 1.807) is 4.90 Å². The summed E-state index contributed by atoms with van der Waals surface area (Å²) in [7, 11) is 2.02. The molecule has 2 aromatic heterocycles. The van der Waals surface area contributed by atoms with Crippen molar-refractivity contribution >= 4 is 27.8 Å². The lowest BCUT2D eigenvalue weighted by Crippen LogP contribution is -2.54. The third-order valence-corrected chi connectivity index (χ3v) is 6.29. The number of imidazole rings is 1. The lowest BCUT2D eigenvalue weighted by molar-refractivity contribution is 0.0691. The lowest BCUT2D eigenvalue weighted by atomic mass is 10.0. The van der Waals surface area contributed by atoms with Gasteiger partial charge >= 0.3 is 0 Å². The molecule has 7 nitrogen and oxygen atoms in total. The molecule has 1 fully saturated rings. The Morgan fingerprint density at radius 1 is 1.06 bits per heavy atom. The summed E-state index contributed by atoms with van der Waals surface area (Å²) in [6, 6.07) is 16.1. The van der Waals surface area contributed by atoms with Crippen LogP contribution in [0.1, 0.15) is 23.7 Å². The average Bonchev–Trinajstić information content (AvgIpc) is 3.29. The SMILES string of the molecule is CCn1c(-c2nc3cc(C(=O)N4CC(N)C[C@H](N)C4)ccc3n2C)cc2ccccc21. The van der Waals surface area contributed by atoms with E-state index >= 15 is 0 Å². The molecule has 2 atom stereocenters. The van der Waals surface area contributed by atoms with Crippen molar-refractivity contribution in [1.82, 2.24) is 19.0 Å². The number of rotatable bonds is 3. The molecule has 4 aromatic rings. The lowest BCUT2D eigenvalue weighted by Gasteiger charge is -2.34. The second kappa shape index (κ2) is 7.51. The van der Waals surface area contributed by atoms with Gasteiger partial charge in [0.15, 0.2) is 5.82 Å². The smallest absolute Gasteiger partial charge is 0.254 e. The van der Waals surface area contributed by atoms with Crippen molar-refractivity contribution in [3.8, 4) is 11.5 Å². The Morgan fingerprint density at radius 3 is 2.55 bits per heavy atom. The fraction of sp³-hybridized carbons (Fsp3) is 0.333. The molecule has 160 valence electrons. The van der Waals surface area contributed by atoms with Crippen LogP contribution in [-0.4, -0.2) is 50.1 Å². The van der Waals surface area contributed by atoms with Crippen molar-refractivity contribution in [3.05, 3.63) is 54.1 Å². The van der Waals surface area contributed by atoms with E-state index in [1.807, 2.05) is 25.2 Å². The van der Waals surface area contributed by atoms with Crippen LogP contribution in [0.3, 0.4) is 0 Å². The summed E-state index contributed by atoms with van der Waals surface area (Å²) in [4.78, 5) is 19.8. The molecule has 3 heterocycles. The van der Waals surface area contributed by atoms with Gasteiger partial charge in [0.05, 0.1) is 16.7 Å². The van der Waals surface area contributed by atoms with Gasteiger partial charge in [0.1, 0.15) is 0 Å². The van der Waals surface area contributed by atoms with Crippen molar-refractivity contribution in [1.29, 1.82) is 0 Å². The van der Waals surface area contributed by atoms with E-state index in [9.17, 15) is 4.79 Å². The fourth-order valence-corrected chi connectivity index (χ4v) is 4.83. The Balaban J connectivity index is 1.56. The van der Waals surface area contributed by atoms with Crippen LogP contribution in [0.2, 0.25) is 0 Å². The van der Waals surface area contributed by atoms with Gasteiger partial charge in [0.25, 0.3) is 5.91 Å². The number of hydrogen-bond acceptors (Lipinski definition) is 4. The first-order valence-electron chi connectivity index (χ1n) is 10.8. The topological polar surface area (TPSA) is 95.1 Å². The number of nitrogens with two attached hydrogens (primary N) is 2. The van der Waals surface area contributed by atoms with Crippen molar-refractivity contribution in [3.63, 3.8) is 0 Å². The van der Waals surface area contributed by atoms with Crippen LogP contribution in [0.4, 0.5) is 0 Å². The third kappa shape index (κ3) is 3.30. The molecule has 31 heavy (non-hydrogen) atoms. The second-order valence-electron chi connectivity index (χ2n) is 8.50. The monoisotopic (exact) mass is 416 g/mol. The Hall–Kier alpha value is -3.16. The van der Waals surface area contributed by atoms with Gasteiger partial charge in [-0.2, -0.15) is 0 Å². The summed E-state index contributed by atoms with van der Waals surface area (Å²) in [5.74, 6) is 0.849. The fourth-order valence-electron chi connectivity index (χ4n) is 4.83. The minimum Gasteiger partial charge on any atom is -0.338 e. The number of aryl methyl sites for hydroxylation is 2. The van der Waals surface area contributed by atoms with Crippen molar-refractivity contribution in [2.24, 2.45) is 18.5 Å². The molecule has 0 radical (unpaired) electrons. The van der Waals surface area contributed by atoms with Crippen LogP contribution >= 0.6 is 0 Å². The summed E-state index contributed by atoms with van der Waals surface area (Å²) in [6.07, 6.45) is 0.748. The summed E-state index contributed by atoms with van der Waals surface area (Å²) < 4.78 is 4.37. The van der Waals surface area contributed by atoms with Crippen LogP contribution < -0.4 is 11.5 Å². The molecule has 7 heteroatoms. The number of benzene rings is 2. The molecular weight excluding hydrogens is 388 g/mol. The van der Waals surface area contributed by atoms with Gasteiger partial charge in [0, 0.05) is 55.2 Å². The van der Waals surface area contributed by atoms with Crippen molar-refractivity contribution in [2.75, 3.05) is 13.1 Å². The quantitative estimate of drug-likeness (QED) is 0.537. The molecule has 1 amide bonds. The number of likely N-dealkylation sites (tertiary alicyclic amines) is 1. The van der Waals surface area contributed by atoms with Crippen LogP contribution in [0.5, 0.6) is 0 Å². The predicted octanol–water partition coefficient (Wildman–Crippen LogP) is 2.72. The zero-order valence-corrected chi connectivity index (χ0v) is 18.0. The van der Waals surface area contributed by atoms with Gasteiger partial charge in [-0.1, -0.05) is 18.2 Å². The normalized spacial score (nSPS) is 19.4. The Kier molecular flexibility index (Phi) is 4.79. The minimum atomic E-state index is -0.0751. The Bertz CT molecular complexity index is 1280. The van der Waals surface area contributed by atoms with E-state index in [1.165, 1.54) is 10.9 Å². The molecular formula is C24H28N6O. The van der Waals surface area contributed by atoms with Gasteiger partial charge < -0.3 is 25.5 Å². The number of piperidine rings is 1. The molecule has 0 saturated carbocycles. The van der Waals surface area contributed by atoms with Gasteiger partial charge in [-0.05, 0) is 43.7 Å². The first kappa shape index (κ1) is 19.8. The Morgan fingerprint density at radius 2 is 1.81 bits per heavy atom. The van der Waals surface area contributed by atoms with Gasteiger partial charge in [0.2, 0.25) is 0 Å². The van der Waals surface area contributed by atoms with Gasteiger partial charge in [-0.25, -0.2) is 4.98 Å². The van der Waals surface area contributed by atoms with E-state index in [2.05, 4.69) is 46.4 Å². The summed E-state index contributed by atoms with van der Waals surface area (Å²) in [5.41, 5.74) is 16.8.